The van der Waals surface area contributed by atoms with E-state index in [2.05, 4.69) is 20.0 Å². The maximum atomic E-state index is 12.1. The van der Waals surface area contributed by atoms with Gasteiger partial charge in [0, 0.05) is 5.75 Å². The summed E-state index contributed by atoms with van der Waals surface area (Å²) < 4.78 is 4.55. The minimum absolute atomic E-state index is 0.110. The Morgan fingerprint density at radius 1 is 1.68 bits per heavy atom. The van der Waals surface area contributed by atoms with Gasteiger partial charge in [-0.25, -0.2) is 9.59 Å². The quantitative estimate of drug-likeness (QED) is 0.830. The fraction of sp³-hybridized carbons (Fsp3) is 0.600. The van der Waals surface area contributed by atoms with Crippen LogP contribution in [-0.4, -0.2) is 49.3 Å². The predicted molar refractivity (Wildman–Crippen MR) is 66.3 cm³/mol. The average molecular weight is 286 g/mol. The fourth-order valence-corrected chi connectivity index (χ4v) is 3.20. The second-order valence-electron chi connectivity index (χ2n) is 3.96. The summed E-state index contributed by atoms with van der Waals surface area (Å²) in [6.45, 7) is 2.03. The lowest BCUT2D eigenvalue weighted by Gasteiger charge is -2.26. The van der Waals surface area contributed by atoms with Gasteiger partial charge in [-0.05, 0) is 6.42 Å². The first-order chi connectivity index (χ1) is 9.13. The lowest BCUT2D eigenvalue weighted by atomic mass is 10.3. The van der Waals surface area contributed by atoms with Crippen LogP contribution in [0.25, 0.3) is 0 Å². The number of urea groups is 1. The molecule has 0 aliphatic carbocycles. The van der Waals surface area contributed by atoms with Crippen LogP contribution >= 0.6 is 11.8 Å². The molecule has 1 fully saturated rings. The molecule has 9 heteroatoms. The van der Waals surface area contributed by atoms with E-state index in [4.69, 9.17) is 5.11 Å². The van der Waals surface area contributed by atoms with E-state index in [1.807, 2.05) is 6.92 Å². The molecule has 1 aliphatic heterocycles. The van der Waals surface area contributed by atoms with Crippen molar-refractivity contribution in [1.29, 1.82) is 0 Å². The van der Waals surface area contributed by atoms with Gasteiger partial charge in [0.1, 0.15) is 6.04 Å². The molecule has 104 valence electrons. The normalized spacial score (nSPS) is 22.5. The number of carbonyl (C=O) groups excluding carboxylic acids is 1. The smallest absolute Gasteiger partial charge is 0.327 e. The summed E-state index contributed by atoms with van der Waals surface area (Å²) in [5, 5.41) is 15.2. The summed E-state index contributed by atoms with van der Waals surface area (Å²) in [6, 6.07) is -1.21. The number of carbonyl (C=O) groups is 2. The van der Waals surface area contributed by atoms with Gasteiger partial charge in [-0.1, -0.05) is 12.1 Å². The van der Waals surface area contributed by atoms with Gasteiger partial charge in [0.05, 0.1) is 11.9 Å². The molecule has 19 heavy (non-hydrogen) atoms. The highest BCUT2D eigenvalue weighted by atomic mass is 32.2. The van der Waals surface area contributed by atoms with Crippen LogP contribution < -0.4 is 5.32 Å². The summed E-state index contributed by atoms with van der Waals surface area (Å²) >= 11 is 1.47. The van der Waals surface area contributed by atoms with E-state index < -0.39 is 18.0 Å². The van der Waals surface area contributed by atoms with Crippen LogP contribution in [0.2, 0.25) is 0 Å². The Labute approximate surface area is 113 Å². The van der Waals surface area contributed by atoms with Crippen molar-refractivity contribution in [3.63, 3.8) is 0 Å². The van der Waals surface area contributed by atoms with Crippen LogP contribution in [0.3, 0.4) is 0 Å². The van der Waals surface area contributed by atoms with E-state index in [1.54, 1.807) is 0 Å². The molecule has 1 aromatic rings. The highest BCUT2D eigenvalue weighted by Crippen LogP contribution is 2.31. The molecular formula is C10H14N4O4S. The molecule has 2 amide bonds. The minimum Gasteiger partial charge on any atom is -0.480 e. The predicted octanol–water partition coefficient (Wildman–Crippen LogP) is 0.517. The summed E-state index contributed by atoms with van der Waals surface area (Å²) in [6.07, 6.45) is 1.87. The molecule has 1 aromatic heterocycles. The van der Waals surface area contributed by atoms with Crippen LogP contribution in [-0.2, 0) is 11.3 Å². The fourth-order valence-electron chi connectivity index (χ4n) is 1.86. The second kappa shape index (κ2) is 5.91. The van der Waals surface area contributed by atoms with Crippen LogP contribution in [0.15, 0.2) is 10.9 Å². The summed E-state index contributed by atoms with van der Waals surface area (Å²) in [5.74, 6) is -0.234. The lowest BCUT2D eigenvalue weighted by molar-refractivity contribution is -0.141. The van der Waals surface area contributed by atoms with Crippen molar-refractivity contribution in [2.75, 3.05) is 5.75 Å². The number of hydrogen-bond donors (Lipinski definition) is 2. The SMILES string of the molecule is CCC1SCC(C(=O)O)N1C(=O)NCc1ncon1. The molecule has 2 N–H and O–H groups in total. The van der Waals surface area contributed by atoms with Crippen LogP contribution in [0.1, 0.15) is 19.2 Å². The maximum absolute atomic E-state index is 12.1. The monoisotopic (exact) mass is 286 g/mol. The third-order valence-corrected chi connectivity index (χ3v) is 4.22. The first-order valence-corrected chi connectivity index (χ1v) is 6.84. The van der Waals surface area contributed by atoms with E-state index in [9.17, 15) is 9.59 Å². The number of carboxylic acid groups (broad SMARTS) is 1. The first kappa shape index (κ1) is 13.7. The highest BCUT2D eigenvalue weighted by molar-refractivity contribution is 8.00. The molecule has 2 heterocycles. The summed E-state index contributed by atoms with van der Waals surface area (Å²) in [7, 11) is 0. The number of thioether (sulfide) groups is 1. The Morgan fingerprint density at radius 2 is 2.47 bits per heavy atom. The summed E-state index contributed by atoms with van der Waals surface area (Å²) in [4.78, 5) is 28.4. The van der Waals surface area contributed by atoms with E-state index >= 15 is 0 Å². The molecule has 2 atom stereocenters. The van der Waals surface area contributed by atoms with E-state index in [0.29, 0.717) is 18.0 Å². The lowest BCUT2D eigenvalue weighted by Crippen LogP contribution is -2.49. The van der Waals surface area contributed by atoms with E-state index in [0.717, 1.165) is 0 Å². The molecule has 1 saturated heterocycles. The van der Waals surface area contributed by atoms with Crippen molar-refractivity contribution >= 4 is 23.8 Å². The molecule has 2 unspecified atom stereocenters. The first-order valence-electron chi connectivity index (χ1n) is 5.79. The number of aliphatic carboxylic acids is 1. The van der Waals surface area contributed by atoms with Crippen molar-refractivity contribution in [1.82, 2.24) is 20.4 Å². The van der Waals surface area contributed by atoms with Gasteiger partial charge in [-0.2, -0.15) is 4.98 Å². The van der Waals surface area contributed by atoms with E-state index in [1.165, 1.54) is 23.1 Å². The van der Waals surface area contributed by atoms with Crippen molar-refractivity contribution in [3.8, 4) is 0 Å². The van der Waals surface area contributed by atoms with Gasteiger partial charge in [0.2, 0.25) is 6.39 Å². The number of amides is 2. The van der Waals surface area contributed by atoms with Crippen LogP contribution in [0.4, 0.5) is 4.79 Å². The minimum atomic E-state index is -0.988. The van der Waals surface area contributed by atoms with Gasteiger partial charge in [-0.3, -0.25) is 4.90 Å². The Morgan fingerprint density at radius 3 is 3.05 bits per heavy atom. The third kappa shape index (κ3) is 2.98. The summed E-state index contributed by atoms with van der Waals surface area (Å²) in [5.41, 5.74) is 0. The molecule has 0 aromatic carbocycles. The van der Waals surface area contributed by atoms with Crippen molar-refractivity contribution in [2.45, 2.75) is 31.3 Å². The van der Waals surface area contributed by atoms with Gasteiger partial charge >= 0.3 is 12.0 Å². The van der Waals surface area contributed by atoms with Crippen molar-refractivity contribution in [2.24, 2.45) is 0 Å². The topological polar surface area (TPSA) is 109 Å². The van der Waals surface area contributed by atoms with Crippen LogP contribution in [0.5, 0.6) is 0 Å². The Hall–Kier alpha value is -1.77. The number of aromatic nitrogens is 2. The van der Waals surface area contributed by atoms with Crippen molar-refractivity contribution in [3.05, 3.63) is 12.2 Å². The largest absolute Gasteiger partial charge is 0.480 e. The maximum Gasteiger partial charge on any atom is 0.327 e. The molecule has 0 spiro atoms. The van der Waals surface area contributed by atoms with Gasteiger partial charge in [0.25, 0.3) is 0 Å². The Bertz CT molecular complexity index is 452. The zero-order valence-corrected chi connectivity index (χ0v) is 11.1. The van der Waals surface area contributed by atoms with Crippen LogP contribution in [0, 0.1) is 0 Å². The molecule has 1 aliphatic rings. The molecule has 2 rings (SSSR count). The highest BCUT2D eigenvalue weighted by Gasteiger charge is 2.40. The molecule has 0 saturated carbocycles. The second-order valence-corrected chi connectivity index (χ2v) is 5.17. The number of rotatable bonds is 4. The Kier molecular flexibility index (Phi) is 4.25. The number of carboxylic acids is 1. The third-order valence-electron chi connectivity index (χ3n) is 2.77. The standard InChI is InChI=1S/C10H14N4O4S/c1-2-8-14(6(4-19-8)9(15)16)10(17)11-3-7-12-5-18-13-7/h5-6,8H,2-4H2,1H3,(H,11,17)(H,15,16). The van der Waals surface area contributed by atoms with Gasteiger partial charge < -0.3 is 14.9 Å². The zero-order chi connectivity index (χ0) is 13.8. The van der Waals surface area contributed by atoms with Crippen molar-refractivity contribution < 1.29 is 19.2 Å². The zero-order valence-electron chi connectivity index (χ0n) is 10.3. The van der Waals surface area contributed by atoms with Gasteiger partial charge in [-0.15, -0.1) is 11.8 Å². The number of nitrogens with one attached hydrogen (secondary N) is 1. The molecule has 0 bridgehead atoms. The number of nitrogens with zero attached hydrogens (tertiary/aromatic N) is 3. The van der Waals surface area contributed by atoms with Gasteiger partial charge in [0.15, 0.2) is 5.82 Å². The van der Waals surface area contributed by atoms with E-state index in [-0.39, 0.29) is 11.9 Å². The molecule has 8 nitrogen and oxygen atoms in total. The molecular weight excluding hydrogens is 272 g/mol. The number of hydrogen-bond acceptors (Lipinski definition) is 6. The average Bonchev–Trinajstić information content (AvgIpc) is 3.04. The Balaban J connectivity index is 2.00. The molecule has 0 radical (unpaired) electrons.